The number of nitrogens with zero attached hydrogens (tertiary/aromatic N) is 4. The van der Waals surface area contributed by atoms with Crippen molar-refractivity contribution in [3.05, 3.63) is 64.4 Å². The lowest BCUT2D eigenvalue weighted by Gasteiger charge is -2.39. The van der Waals surface area contributed by atoms with Crippen molar-refractivity contribution in [3.63, 3.8) is 0 Å². The van der Waals surface area contributed by atoms with Gasteiger partial charge in [0, 0.05) is 32.7 Å². The lowest BCUT2D eigenvalue weighted by Crippen LogP contribution is -2.49. The summed E-state index contributed by atoms with van der Waals surface area (Å²) in [6, 6.07) is 11.8. The van der Waals surface area contributed by atoms with Crippen LogP contribution in [-0.2, 0) is 6.54 Å². The van der Waals surface area contributed by atoms with Gasteiger partial charge in [-0.2, -0.15) is 4.98 Å². The van der Waals surface area contributed by atoms with Crippen LogP contribution in [0, 0.1) is 0 Å². The van der Waals surface area contributed by atoms with E-state index in [-0.39, 0.29) is 18.2 Å². The van der Waals surface area contributed by atoms with Crippen LogP contribution >= 0.6 is 0 Å². The molecule has 1 aromatic carbocycles. The molecule has 3 aromatic rings. The molecule has 7 nitrogen and oxygen atoms in total. The maximum Gasteiger partial charge on any atom is 0.265 e. The Labute approximate surface area is 170 Å². The van der Waals surface area contributed by atoms with Crippen molar-refractivity contribution in [3.8, 4) is 0 Å². The average molecular weight is 396 g/mol. The van der Waals surface area contributed by atoms with Gasteiger partial charge in [0.1, 0.15) is 11.2 Å². The molecule has 1 aliphatic heterocycles. The number of hydrogen-bond acceptors (Lipinski definition) is 6. The number of hydrogen-bond donors (Lipinski definition) is 1. The van der Waals surface area contributed by atoms with E-state index in [0.717, 1.165) is 44.0 Å². The number of β-amino-alcohol motifs (C(OH)–C–C–N with tert-alkyl or cyclic N) is 1. The number of benzene rings is 1. The standard InChI is InChI=1S/C22H28N4O3/c1-2-19(25-11-9-24(10-12-25)13-14-27)20-23-21-18(8-15-29-21)22(28)26(20)16-17-6-4-3-5-7-17/h3-8,15,19,27H,2,9-14,16H2,1H3. The van der Waals surface area contributed by atoms with Crippen molar-refractivity contribution in [2.45, 2.75) is 25.9 Å². The zero-order valence-electron chi connectivity index (χ0n) is 16.8. The fourth-order valence-electron chi connectivity index (χ4n) is 4.18. The van der Waals surface area contributed by atoms with Crippen molar-refractivity contribution < 1.29 is 9.52 Å². The van der Waals surface area contributed by atoms with Crippen LogP contribution < -0.4 is 5.56 Å². The Bertz CT molecular complexity index is 990. The van der Waals surface area contributed by atoms with E-state index in [0.29, 0.717) is 24.2 Å². The largest absolute Gasteiger partial charge is 0.446 e. The first-order valence-corrected chi connectivity index (χ1v) is 10.3. The van der Waals surface area contributed by atoms with Gasteiger partial charge in [-0.15, -0.1) is 0 Å². The third kappa shape index (κ3) is 4.12. The first kappa shape index (κ1) is 19.8. The predicted molar refractivity (Wildman–Crippen MR) is 112 cm³/mol. The summed E-state index contributed by atoms with van der Waals surface area (Å²) in [7, 11) is 0. The molecule has 1 saturated heterocycles. The third-order valence-corrected chi connectivity index (χ3v) is 5.75. The highest BCUT2D eigenvalue weighted by Crippen LogP contribution is 2.25. The van der Waals surface area contributed by atoms with E-state index in [4.69, 9.17) is 9.40 Å². The number of aromatic nitrogens is 2. The summed E-state index contributed by atoms with van der Waals surface area (Å²) in [5.74, 6) is 0.763. The van der Waals surface area contributed by atoms with E-state index in [1.807, 2.05) is 30.3 Å². The molecule has 7 heteroatoms. The van der Waals surface area contributed by atoms with Gasteiger partial charge in [-0.05, 0) is 18.1 Å². The Morgan fingerprint density at radius 3 is 2.59 bits per heavy atom. The van der Waals surface area contributed by atoms with Gasteiger partial charge < -0.3 is 9.52 Å². The lowest BCUT2D eigenvalue weighted by molar-refractivity contribution is 0.0773. The average Bonchev–Trinajstić information content (AvgIpc) is 3.22. The molecule has 1 fully saturated rings. The number of rotatable bonds is 7. The van der Waals surface area contributed by atoms with E-state index in [9.17, 15) is 9.90 Å². The number of fused-ring (bicyclic) bond motifs is 1. The quantitative estimate of drug-likeness (QED) is 0.659. The smallest absolute Gasteiger partial charge is 0.265 e. The molecule has 29 heavy (non-hydrogen) atoms. The van der Waals surface area contributed by atoms with Crippen LogP contribution in [0.15, 0.2) is 51.9 Å². The summed E-state index contributed by atoms with van der Waals surface area (Å²) in [5, 5.41) is 9.71. The summed E-state index contributed by atoms with van der Waals surface area (Å²) >= 11 is 0. The number of piperazine rings is 1. The summed E-state index contributed by atoms with van der Waals surface area (Å²) < 4.78 is 7.30. The molecular weight excluding hydrogens is 368 g/mol. The molecule has 4 rings (SSSR count). The number of aliphatic hydroxyl groups excluding tert-OH is 1. The van der Waals surface area contributed by atoms with Crippen LogP contribution in [-0.4, -0.2) is 63.8 Å². The zero-order chi connectivity index (χ0) is 20.2. The van der Waals surface area contributed by atoms with Crippen LogP contribution in [0.3, 0.4) is 0 Å². The Morgan fingerprint density at radius 2 is 1.90 bits per heavy atom. The maximum atomic E-state index is 13.3. The number of aliphatic hydroxyl groups is 1. The minimum absolute atomic E-state index is 0.0391. The van der Waals surface area contributed by atoms with Crippen molar-refractivity contribution >= 4 is 11.1 Å². The highest BCUT2D eigenvalue weighted by atomic mass is 16.3. The molecule has 1 unspecified atom stereocenters. The van der Waals surface area contributed by atoms with Gasteiger partial charge in [-0.1, -0.05) is 37.3 Å². The molecule has 0 bridgehead atoms. The summed E-state index contributed by atoms with van der Waals surface area (Å²) in [6.45, 7) is 7.10. The molecule has 154 valence electrons. The van der Waals surface area contributed by atoms with E-state index in [1.165, 1.54) is 6.26 Å². The molecule has 1 aliphatic rings. The molecule has 1 atom stereocenters. The highest BCUT2D eigenvalue weighted by molar-refractivity contribution is 5.71. The van der Waals surface area contributed by atoms with Crippen LogP contribution in [0.25, 0.3) is 11.1 Å². The fourth-order valence-corrected chi connectivity index (χ4v) is 4.18. The van der Waals surface area contributed by atoms with E-state index in [1.54, 1.807) is 10.6 Å². The van der Waals surface area contributed by atoms with Gasteiger partial charge >= 0.3 is 0 Å². The molecule has 0 spiro atoms. The van der Waals surface area contributed by atoms with Gasteiger partial charge in [0.25, 0.3) is 5.56 Å². The van der Waals surface area contributed by atoms with Crippen LogP contribution in [0.1, 0.15) is 30.8 Å². The first-order valence-electron chi connectivity index (χ1n) is 10.3. The monoisotopic (exact) mass is 396 g/mol. The Morgan fingerprint density at radius 1 is 1.14 bits per heavy atom. The summed E-state index contributed by atoms with van der Waals surface area (Å²) in [6.07, 6.45) is 2.39. The molecular formula is C22H28N4O3. The van der Waals surface area contributed by atoms with Gasteiger partial charge in [-0.25, -0.2) is 0 Å². The second-order valence-electron chi connectivity index (χ2n) is 7.51. The van der Waals surface area contributed by atoms with Gasteiger partial charge in [-0.3, -0.25) is 19.2 Å². The molecule has 1 N–H and O–H groups in total. The molecule has 0 radical (unpaired) electrons. The Kier molecular flexibility index (Phi) is 6.08. The van der Waals surface area contributed by atoms with Crippen LogP contribution in [0.4, 0.5) is 0 Å². The Balaban J connectivity index is 1.71. The lowest BCUT2D eigenvalue weighted by atomic mass is 10.1. The SMILES string of the molecule is CCC(c1nc2occc2c(=O)n1Cc1ccccc1)N1CCN(CCO)CC1. The number of furan rings is 1. The Hall–Kier alpha value is -2.48. The molecule has 3 heterocycles. The van der Waals surface area contributed by atoms with Gasteiger partial charge in [0.15, 0.2) is 0 Å². The fraction of sp³-hybridized carbons (Fsp3) is 0.455. The van der Waals surface area contributed by atoms with Crippen molar-refractivity contribution in [2.24, 2.45) is 0 Å². The summed E-state index contributed by atoms with van der Waals surface area (Å²) in [4.78, 5) is 22.7. The minimum atomic E-state index is -0.0556. The van der Waals surface area contributed by atoms with E-state index in [2.05, 4.69) is 16.7 Å². The van der Waals surface area contributed by atoms with Crippen molar-refractivity contribution in [2.75, 3.05) is 39.3 Å². The van der Waals surface area contributed by atoms with Gasteiger partial charge in [0.2, 0.25) is 5.71 Å². The molecule has 0 amide bonds. The van der Waals surface area contributed by atoms with E-state index >= 15 is 0 Å². The topological polar surface area (TPSA) is 74.7 Å². The van der Waals surface area contributed by atoms with Crippen molar-refractivity contribution in [1.29, 1.82) is 0 Å². The maximum absolute atomic E-state index is 13.3. The second-order valence-corrected chi connectivity index (χ2v) is 7.51. The van der Waals surface area contributed by atoms with Crippen LogP contribution in [0.5, 0.6) is 0 Å². The highest BCUT2D eigenvalue weighted by Gasteiger charge is 2.28. The molecule has 2 aromatic heterocycles. The predicted octanol–water partition coefficient (Wildman–Crippen LogP) is 2.10. The third-order valence-electron chi connectivity index (χ3n) is 5.75. The molecule has 0 aliphatic carbocycles. The van der Waals surface area contributed by atoms with Crippen molar-refractivity contribution in [1.82, 2.24) is 19.4 Å². The minimum Gasteiger partial charge on any atom is -0.446 e. The summed E-state index contributed by atoms with van der Waals surface area (Å²) in [5.41, 5.74) is 1.43. The normalized spacial score (nSPS) is 17.0. The second kappa shape index (κ2) is 8.90. The zero-order valence-corrected chi connectivity index (χ0v) is 16.8. The van der Waals surface area contributed by atoms with Gasteiger partial charge in [0.05, 0.1) is 25.5 Å². The first-order chi connectivity index (χ1) is 14.2. The molecule has 0 saturated carbocycles. The van der Waals surface area contributed by atoms with E-state index < -0.39 is 0 Å². The van der Waals surface area contributed by atoms with Crippen LogP contribution in [0.2, 0.25) is 0 Å².